The Balaban J connectivity index is 0.000000253. The fourth-order valence-electron chi connectivity index (χ4n) is 2.92. The van der Waals surface area contributed by atoms with E-state index in [4.69, 9.17) is 0 Å². The molecule has 0 radical (unpaired) electrons. The lowest BCUT2D eigenvalue weighted by Crippen LogP contribution is -2.15. The van der Waals surface area contributed by atoms with Gasteiger partial charge < -0.3 is 10.3 Å². The maximum atomic E-state index is 12.7. The van der Waals surface area contributed by atoms with E-state index in [1.165, 1.54) is 55.8 Å². The molecule has 4 rings (SSSR count). The average Bonchev–Trinajstić information content (AvgIpc) is 3.12. The van der Waals surface area contributed by atoms with Gasteiger partial charge in [0, 0.05) is 18.8 Å². The Hall–Kier alpha value is -2.62. The lowest BCUT2D eigenvalue weighted by atomic mass is 10.2. The van der Waals surface area contributed by atoms with Crippen LogP contribution in [0.4, 0.5) is 13.2 Å². The highest BCUT2D eigenvalue weighted by atomic mass is 19.4. The van der Waals surface area contributed by atoms with Crippen molar-refractivity contribution in [1.29, 1.82) is 0 Å². The van der Waals surface area contributed by atoms with Crippen LogP contribution in [0.3, 0.4) is 0 Å². The molecule has 4 heterocycles. The number of hydrogen-bond donors (Lipinski definition) is 2. The first-order chi connectivity index (χ1) is 12.9. The predicted octanol–water partition coefficient (Wildman–Crippen LogP) is 2.59. The number of alkyl halides is 3. The molecule has 0 atom stereocenters. The van der Waals surface area contributed by atoms with Crippen LogP contribution in [0.2, 0.25) is 0 Å². The van der Waals surface area contributed by atoms with E-state index in [2.05, 4.69) is 20.5 Å². The molecule has 1 aliphatic heterocycles. The molecule has 0 amide bonds. The minimum atomic E-state index is -4.62. The van der Waals surface area contributed by atoms with Crippen LogP contribution in [0.25, 0.3) is 16.8 Å². The summed E-state index contributed by atoms with van der Waals surface area (Å²) in [5.41, 5.74) is -1.51. The summed E-state index contributed by atoms with van der Waals surface area (Å²) in [6.45, 7) is 2.50. The molecule has 0 aromatic carbocycles. The SMILES string of the molecule is C1CCCNCC1.Cn1cc(-c2cn3ncc(C(F)(F)F)c3c(=O)[nH]2)cn1. The normalized spacial score (nSPS) is 15.3. The first-order valence-electron chi connectivity index (χ1n) is 8.74. The number of aromatic amines is 1. The minimum Gasteiger partial charge on any atom is -0.319 e. The van der Waals surface area contributed by atoms with Crippen molar-refractivity contribution >= 4 is 5.52 Å². The van der Waals surface area contributed by atoms with E-state index in [0.717, 1.165) is 4.52 Å². The average molecular weight is 382 g/mol. The van der Waals surface area contributed by atoms with Crippen molar-refractivity contribution in [3.05, 3.63) is 40.7 Å². The fraction of sp³-hybridized carbons (Fsp3) is 0.471. The molecule has 146 valence electrons. The Labute approximate surface area is 153 Å². The first-order valence-corrected chi connectivity index (χ1v) is 8.74. The molecule has 0 spiro atoms. The molecule has 0 aliphatic carbocycles. The summed E-state index contributed by atoms with van der Waals surface area (Å²) in [5, 5.41) is 10.9. The molecule has 3 aromatic heterocycles. The number of halogens is 3. The van der Waals surface area contributed by atoms with E-state index < -0.39 is 22.8 Å². The highest BCUT2D eigenvalue weighted by Crippen LogP contribution is 2.31. The zero-order valence-corrected chi connectivity index (χ0v) is 14.9. The number of fused-ring (bicyclic) bond motifs is 1. The topological polar surface area (TPSA) is 80.0 Å². The summed E-state index contributed by atoms with van der Waals surface area (Å²) >= 11 is 0. The number of rotatable bonds is 1. The monoisotopic (exact) mass is 382 g/mol. The van der Waals surface area contributed by atoms with Crippen molar-refractivity contribution in [2.45, 2.75) is 31.9 Å². The lowest BCUT2D eigenvalue weighted by molar-refractivity contribution is -0.136. The van der Waals surface area contributed by atoms with Crippen LogP contribution in [0.5, 0.6) is 0 Å². The van der Waals surface area contributed by atoms with Crippen LogP contribution in [-0.2, 0) is 13.2 Å². The molecule has 2 N–H and O–H groups in total. The predicted molar refractivity (Wildman–Crippen MR) is 94.4 cm³/mol. The minimum absolute atomic E-state index is 0.340. The molecule has 1 saturated heterocycles. The number of aromatic nitrogens is 5. The van der Waals surface area contributed by atoms with Gasteiger partial charge in [0.1, 0.15) is 11.1 Å². The number of nitrogens with one attached hydrogen (secondary N) is 2. The van der Waals surface area contributed by atoms with Gasteiger partial charge in [-0.25, -0.2) is 4.52 Å². The summed E-state index contributed by atoms with van der Waals surface area (Å²) in [7, 11) is 1.69. The van der Waals surface area contributed by atoms with Crippen LogP contribution in [0.15, 0.2) is 29.6 Å². The summed E-state index contributed by atoms with van der Waals surface area (Å²) in [5.74, 6) is 0. The molecule has 1 aliphatic rings. The zero-order valence-electron chi connectivity index (χ0n) is 14.9. The molecule has 0 saturated carbocycles. The molecular formula is C17H21F3N6O. The largest absolute Gasteiger partial charge is 0.420 e. The van der Waals surface area contributed by atoms with Gasteiger partial charge >= 0.3 is 6.18 Å². The highest BCUT2D eigenvalue weighted by Gasteiger charge is 2.35. The van der Waals surface area contributed by atoms with Gasteiger partial charge in [-0.2, -0.15) is 23.4 Å². The van der Waals surface area contributed by atoms with Gasteiger partial charge in [0.25, 0.3) is 5.56 Å². The number of H-pyrrole nitrogens is 1. The van der Waals surface area contributed by atoms with Crippen LogP contribution in [0.1, 0.15) is 31.2 Å². The van der Waals surface area contributed by atoms with Crippen molar-refractivity contribution in [1.82, 2.24) is 29.7 Å². The summed E-state index contributed by atoms with van der Waals surface area (Å²) in [4.78, 5) is 14.3. The van der Waals surface area contributed by atoms with E-state index in [-0.39, 0.29) is 0 Å². The van der Waals surface area contributed by atoms with Crippen molar-refractivity contribution in [2.24, 2.45) is 7.05 Å². The van der Waals surface area contributed by atoms with Gasteiger partial charge in [-0.1, -0.05) is 12.8 Å². The number of hydrogen-bond acceptors (Lipinski definition) is 4. The van der Waals surface area contributed by atoms with Crippen LogP contribution < -0.4 is 10.9 Å². The highest BCUT2D eigenvalue weighted by molar-refractivity contribution is 5.61. The van der Waals surface area contributed by atoms with Crippen molar-refractivity contribution in [3.63, 3.8) is 0 Å². The van der Waals surface area contributed by atoms with Crippen molar-refractivity contribution < 1.29 is 13.2 Å². The van der Waals surface area contributed by atoms with E-state index in [1.807, 2.05) is 0 Å². The molecule has 0 bridgehead atoms. The summed E-state index contributed by atoms with van der Waals surface area (Å²) in [6.07, 6.45) is 6.11. The van der Waals surface area contributed by atoms with Crippen LogP contribution >= 0.6 is 0 Å². The Kier molecular flexibility index (Phi) is 5.64. The molecular weight excluding hydrogens is 361 g/mol. The third kappa shape index (κ3) is 4.57. The van der Waals surface area contributed by atoms with Crippen molar-refractivity contribution in [3.8, 4) is 11.3 Å². The molecule has 0 unspecified atom stereocenters. The third-order valence-electron chi connectivity index (χ3n) is 4.29. The van der Waals surface area contributed by atoms with Gasteiger partial charge in [0.05, 0.1) is 24.3 Å². The second-order valence-electron chi connectivity index (χ2n) is 6.41. The smallest absolute Gasteiger partial charge is 0.319 e. The maximum absolute atomic E-state index is 12.7. The fourth-order valence-corrected chi connectivity index (χ4v) is 2.92. The first kappa shape index (κ1) is 19.2. The molecule has 10 heteroatoms. The van der Waals surface area contributed by atoms with Gasteiger partial charge in [-0.15, -0.1) is 0 Å². The van der Waals surface area contributed by atoms with Crippen LogP contribution in [-0.4, -0.2) is 37.5 Å². The van der Waals surface area contributed by atoms with Crippen molar-refractivity contribution in [2.75, 3.05) is 13.1 Å². The molecule has 7 nitrogen and oxygen atoms in total. The van der Waals surface area contributed by atoms with Gasteiger partial charge in [0.2, 0.25) is 0 Å². The molecule has 1 fully saturated rings. The molecule has 27 heavy (non-hydrogen) atoms. The van der Waals surface area contributed by atoms with E-state index in [1.54, 1.807) is 13.2 Å². The van der Waals surface area contributed by atoms with E-state index in [9.17, 15) is 18.0 Å². The summed E-state index contributed by atoms with van der Waals surface area (Å²) in [6, 6.07) is 0. The van der Waals surface area contributed by atoms with E-state index in [0.29, 0.717) is 17.5 Å². The van der Waals surface area contributed by atoms with E-state index >= 15 is 0 Å². The Bertz CT molecular complexity index is 936. The standard InChI is InChI=1S/C11H8F3N5O.C6H13N/c1-18-4-6(2-15-18)8-5-19-9(10(20)17-8)7(3-16-19)11(12,13)14;1-2-4-6-7-5-3-1/h2-5H,1H3,(H,17,20);7H,1-6H2. The van der Waals surface area contributed by atoms with Gasteiger partial charge in [-0.3, -0.25) is 9.48 Å². The number of aryl methyl sites for hydroxylation is 1. The second kappa shape index (κ2) is 7.95. The van der Waals surface area contributed by atoms with Crippen LogP contribution in [0, 0.1) is 0 Å². The Morgan fingerprint density at radius 1 is 1.04 bits per heavy atom. The maximum Gasteiger partial charge on any atom is 0.420 e. The Morgan fingerprint density at radius 3 is 2.33 bits per heavy atom. The zero-order chi connectivity index (χ0) is 19.4. The number of nitrogens with zero attached hydrogens (tertiary/aromatic N) is 4. The lowest BCUT2D eigenvalue weighted by Gasteiger charge is -2.04. The van der Waals surface area contributed by atoms with Gasteiger partial charge in [0.15, 0.2) is 0 Å². The van der Waals surface area contributed by atoms with Gasteiger partial charge in [-0.05, 0) is 25.9 Å². The second-order valence-corrected chi connectivity index (χ2v) is 6.41. The Morgan fingerprint density at radius 2 is 1.74 bits per heavy atom. The quantitative estimate of drug-likeness (QED) is 0.678. The third-order valence-corrected chi connectivity index (χ3v) is 4.29. The summed E-state index contributed by atoms with van der Waals surface area (Å²) < 4.78 is 40.7. The molecule has 3 aromatic rings.